The van der Waals surface area contributed by atoms with Gasteiger partial charge in [0.25, 0.3) is 11.7 Å². The first-order valence-electron chi connectivity index (χ1n) is 11.6. The predicted octanol–water partition coefficient (Wildman–Crippen LogP) is 7.45. The number of aryl methyl sites for hydroxylation is 3. The first kappa shape index (κ1) is 27.1. The van der Waals surface area contributed by atoms with E-state index >= 15 is 0 Å². The van der Waals surface area contributed by atoms with E-state index in [0.717, 1.165) is 18.1 Å². The molecule has 0 aliphatic rings. The molecule has 1 heterocycles. The van der Waals surface area contributed by atoms with E-state index in [0.29, 0.717) is 21.8 Å². The Morgan fingerprint density at radius 3 is 2.26 bits per heavy atom. The average Bonchev–Trinajstić information content (AvgIpc) is 2.87. The zero-order chi connectivity index (χ0) is 27.6. The van der Waals surface area contributed by atoms with Crippen LogP contribution in [0.15, 0.2) is 63.8 Å². The number of fused-ring (bicyclic) bond motifs is 1. The smallest absolute Gasteiger partial charge is 0.453 e. The summed E-state index contributed by atoms with van der Waals surface area (Å²) < 4.78 is 57.5. The van der Waals surface area contributed by atoms with Crippen molar-refractivity contribution in [2.24, 2.45) is 0 Å². The van der Waals surface area contributed by atoms with Crippen molar-refractivity contribution in [1.82, 2.24) is 0 Å². The topological polar surface area (TPSA) is 77.8 Å². The lowest BCUT2D eigenvalue weighted by Crippen LogP contribution is -2.20. The van der Waals surface area contributed by atoms with Gasteiger partial charge in [-0.1, -0.05) is 30.7 Å². The third kappa shape index (κ3) is 5.94. The molecule has 10 heteroatoms. The van der Waals surface area contributed by atoms with Gasteiger partial charge in [0.05, 0.1) is 5.39 Å². The Morgan fingerprint density at radius 2 is 1.66 bits per heavy atom. The number of ether oxygens (including phenoxy) is 2. The van der Waals surface area contributed by atoms with Crippen LogP contribution >= 0.6 is 11.6 Å². The highest BCUT2D eigenvalue weighted by Crippen LogP contribution is 2.39. The molecule has 3 aromatic carbocycles. The summed E-state index contributed by atoms with van der Waals surface area (Å²) in [6.45, 7) is 4.94. The van der Waals surface area contributed by atoms with Gasteiger partial charge in [0.2, 0.25) is 11.2 Å². The summed E-state index contributed by atoms with van der Waals surface area (Å²) in [6, 6.07) is 13.9. The van der Waals surface area contributed by atoms with Crippen LogP contribution in [0.4, 0.5) is 18.9 Å². The molecule has 38 heavy (non-hydrogen) atoms. The molecule has 0 saturated carbocycles. The van der Waals surface area contributed by atoms with Crippen molar-refractivity contribution < 1.29 is 31.9 Å². The minimum Gasteiger partial charge on any atom is -0.484 e. The van der Waals surface area contributed by atoms with Crippen LogP contribution in [-0.4, -0.2) is 12.5 Å². The fourth-order valence-corrected chi connectivity index (χ4v) is 3.89. The monoisotopic (exact) mass is 545 g/mol. The Balaban J connectivity index is 1.60. The lowest BCUT2D eigenvalue weighted by atomic mass is 10.1. The van der Waals surface area contributed by atoms with E-state index in [9.17, 15) is 22.8 Å². The summed E-state index contributed by atoms with van der Waals surface area (Å²) >= 11 is 6.12. The standard InChI is InChI=1S/C28H23ClF3NO5/c1-4-17-5-7-18(8-6-17)33-23(34)14-36-19-9-10-21-22(13-19)38-27(28(30,31)32)26(25(21)35)37-20-11-15(2)24(29)16(3)12-20/h5-13H,4,14H2,1-3H3,(H,33,34). The van der Waals surface area contributed by atoms with Gasteiger partial charge in [0, 0.05) is 16.8 Å². The SMILES string of the molecule is CCc1ccc(NC(=O)COc2ccc3c(=O)c(Oc4cc(C)c(Cl)c(C)c4)c(C(F)(F)F)oc3c2)cc1. The molecule has 0 spiro atoms. The number of hydrogen-bond donors (Lipinski definition) is 1. The van der Waals surface area contributed by atoms with Crippen LogP contribution in [0.3, 0.4) is 0 Å². The van der Waals surface area contributed by atoms with Gasteiger partial charge in [0.1, 0.15) is 17.1 Å². The molecular weight excluding hydrogens is 523 g/mol. The maximum Gasteiger partial charge on any atom is 0.453 e. The molecule has 6 nitrogen and oxygen atoms in total. The molecule has 0 unspecified atom stereocenters. The first-order chi connectivity index (χ1) is 18.0. The van der Waals surface area contributed by atoms with E-state index in [-0.39, 0.29) is 22.5 Å². The highest BCUT2D eigenvalue weighted by molar-refractivity contribution is 6.32. The van der Waals surface area contributed by atoms with Crippen molar-refractivity contribution >= 4 is 34.2 Å². The zero-order valence-electron chi connectivity index (χ0n) is 20.7. The van der Waals surface area contributed by atoms with E-state index in [4.69, 9.17) is 25.5 Å². The normalized spacial score (nSPS) is 11.4. The van der Waals surface area contributed by atoms with Gasteiger partial charge in [-0.25, -0.2) is 0 Å². The molecule has 0 bridgehead atoms. The molecule has 0 fully saturated rings. The van der Waals surface area contributed by atoms with Crippen molar-refractivity contribution in [2.75, 3.05) is 11.9 Å². The van der Waals surface area contributed by atoms with E-state index in [1.165, 1.54) is 24.3 Å². The van der Waals surface area contributed by atoms with Crippen molar-refractivity contribution in [3.05, 3.63) is 92.3 Å². The molecule has 198 valence electrons. The summed E-state index contributed by atoms with van der Waals surface area (Å²) in [6.07, 6.45) is -4.16. The second-order valence-electron chi connectivity index (χ2n) is 8.61. The van der Waals surface area contributed by atoms with E-state index in [2.05, 4.69) is 5.32 Å². The third-order valence-electron chi connectivity index (χ3n) is 5.73. The average molecular weight is 546 g/mol. The largest absolute Gasteiger partial charge is 0.484 e. The minimum absolute atomic E-state index is 0.0110. The summed E-state index contributed by atoms with van der Waals surface area (Å²) in [5.41, 5.74) is 1.46. The highest BCUT2D eigenvalue weighted by atomic mass is 35.5. The number of carbonyl (C=O) groups excluding carboxylic acids is 1. The molecule has 0 saturated heterocycles. The number of alkyl halides is 3. The quantitative estimate of drug-likeness (QED) is 0.261. The van der Waals surface area contributed by atoms with Crippen molar-refractivity contribution in [1.29, 1.82) is 0 Å². The number of halogens is 4. The van der Waals surface area contributed by atoms with Crippen molar-refractivity contribution in [3.63, 3.8) is 0 Å². The molecule has 0 aliphatic carbocycles. The maximum absolute atomic E-state index is 13.9. The van der Waals surface area contributed by atoms with Gasteiger partial charge >= 0.3 is 6.18 Å². The lowest BCUT2D eigenvalue weighted by Gasteiger charge is -2.15. The fraction of sp³-hybridized carbons (Fsp3) is 0.214. The number of rotatable bonds is 7. The van der Waals surface area contributed by atoms with Crippen LogP contribution < -0.4 is 20.2 Å². The molecule has 0 atom stereocenters. The summed E-state index contributed by atoms with van der Waals surface area (Å²) in [4.78, 5) is 25.3. The van der Waals surface area contributed by atoms with Gasteiger partial charge in [-0.3, -0.25) is 9.59 Å². The van der Waals surface area contributed by atoms with Crippen LogP contribution in [0.1, 0.15) is 29.4 Å². The summed E-state index contributed by atoms with van der Waals surface area (Å²) in [7, 11) is 0. The van der Waals surface area contributed by atoms with Gasteiger partial charge in [-0.05, 0) is 73.4 Å². The third-order valence-corrected chi connectivity index (χ3v) is 6.32. The number of amides is 1. The lowest BCUT2D eigenvalue weighted by molar-refractivity contribution is -0.154. The van der Waals surface area contributed by atoms with E-state index < -0.39 is 35.6 Å². The molecular formula is C28H23ClF3NO5. The zero-order valence-corrected chi connectivity index (χ0v) is 21.4. The molecule has 4 aromatic rings. The Hall–Kier alpha value is -3.98. The predicted molar refractivity (Wildman–Crippen MR) is 138 cm³/mol. The molecule has 1 amide bonds. The van der Waals surface area contributed by atoms with Crippen LogP contribution in [0.5, 0.6) is 17.2 Å². The second-order valence-corrected chi connectivity index (χ2v) is 8.98. The molecule has 1 aromatic heterocycles. The molecule has 0 radical (unpaired) electrons. The van der Waals surface area contributed by atoms with E-state index in [1.54, 1.807) is 26.0 Å². The Labute approximate surface area is 220 Å². The van der Waals surface area contributed by atoms with Crippen LogP contribution in [0, 0.1) is 13.8 Å². The summed E-state index contributed by atoms with van der Waals surface area (Å²) in [5.74, 6) is -3.00. The molecule has 4 rings (SSSR count). The minimum atomic E-state index is -5.02. The van der Waals surface area contributed by atoms with E-state index in [1.807, 2.05) is 19.1 Å². The molecule has 0 aliphatic heterocycles. The van der Waals surface area contributed by atoms with Gasteiger partial charge in [-0.2, -0.15) is 13.2 Å². The molecule has 1 N–H and O–H groups in total. The fourth-order valence-electron chi connectivity index (χ4n) is 3.78. The highest BCUT2D eigenvalue weighted by Gasteiger charge is 2.40. The number of nitrogens with one attached hydrogen (secondary N) is 1. The number of benzene rings is 3. The van der Waals surface area contributed by atoms with Gasteiger partial charge in [-0.15, -0.1) is 0 Å². The number of hydrogen-bond acceptors (Lipinski definition) is 5. The summed E-state index contributed by atoms with van der Waals surface area (Å²) in [5, 5.41) is 2.96. The second kappa shape index (κ2) is 10.8. The Kier molecular flexibility index (Phi) is 7.68. The van der Waals surface area contributed by atoms with Gasteiger partial charge < -0.3 is 19.2 Å². The maximum atomic E-state index is 13.9. The Morgan fingerprint density at radius 1 is 1.00 bits per heavy atom. The first-order valence-corrected chi connectivity index (χ1v) is 12.0. The van der Waals surface area contributed by atoms with Crippen molar-refractivity contribution in [2.45, 2.75) is 33.4 Å². The number of carbonyl (C=O) groups is 1. The van der Waals surface area contributed by atoms with Crippen molar-refractivity contribution in [3.8, 4) is 17.2 Å². The Bertz CT molecular complexity index is 1540. The van der Waals surface area contributed by atoms with Crippen LogP contribution in [-0.2, 0) is 17.4 Å². The van der Waals surface area contributed by atoms with Gasteiger partial charge in [0.15, 0.2) is 6.61 Å². The number of anilines is 1. The van der Waals surface area contributed by atoms with Crippen LogP contribution in [0.2, 0.25) is 5.02 Å². The van der Waals surface area contributed by atoms with Crippen LogP contribution in [0.25, 0.3) is 11.0 Å².